The molecule has 0 radical (unpaired) electrons. The van der Waals surface area contributed by atoms with Crippen LogP contribution in [-0.2, 0) is 4.79 Å². The van der Waals surface area contributed by atoms with E-state index in [1.54, 1.807) is 0 Å². The molecule has 2 nitrogen and oxygen atoms in total. The van der Waals surface area contributed by atoms with Crippen LogP contribution in [0.15, 0.2) is 0 Å². The highest BCUT2D eigenvalue weighted by molar-refractivity contribution is 5.73. The second-order valence-corrected chi connectivity index (χ2v) is 4.79. The Morgan fingerprint density at radius 3 is 1.95 bits per heavy atom. The van der Waals surface area contributed by atoms with E-state index in [-0.39, 0.29) is 5.91 Å². The largest absolute Gasteiger partial charge is 0.370 e. The first-order valence-corrected chi connectivity index (χ1v) is 7.51. The number of rotatable bonds is 10. The second-order valence-electron chi connectivity index (χ2n) is 4.79. The minimum Gasteiger partial charge on any atom is -0.370 e. The summed E-state index contributed by atoms with van der Waals surface area (Å²) in [5.41, 5.74) is 5.00. The lowest BCUT2D eigenvalue weighted by Crippen LogP contribution is -2.08. The Labute approximate surface area is 118 Å². The summed E-state index contributed by atoms with van der Waals surface area (Å²) >= 11 is 0. The first-order chi connectivity index (χ1) is 9.27. The Morgan fingerprint density at radius 2 is 1.37 bits per heavy atom. The summed E-state index contributed by atoms with van der Waals surface area (Å²) in [7, 11) is 0. The van der Waals surface area contributed by atoms with Crippen LogP contribution in [0.1, 0.15) is 77.6 Å². The molecule has 0 aliphatic heterocycles. The van der Waals surface area contributed by atoms with Crippen molar-refractivity contribution in [2.24, 2.45) is 5.73 Å². The highest BCUT2D eigenvalue weighted by Crippen LogP contribution is 2.08. The molecular formula is C17H27NO. The van der Waals surface area contributed by atoms with Gasteiger partial charge in [-0.15, -0.1) is 0 Å². The molecule has 0 fully saturated rings. The van der Waals surface area contributed by atoms with Crippen LogP contribution in [0.2, 0.25) is 0 Å². The first kappa shape index (κ1) is 17.6. The van der Waals surface area contributed by atoms with Gasteiger partial charge in [-0.3, -0.25) is 4.79 Å². The molecule has 0 aromatic heterocycles. The van der Waals surface area contributed by atoms with Crippen molar-refractivity contribution in [1.82, 2.24) is 0 Å². The van der Waals surface area contributed by atoms with Gasteiger partial charge in [0.25, 0.3) is 0 Å². The maximum atomic E-state index is 10.4. The van der Waals surface area contributed by atoms with Crippen molar-refractivity contribution in [2.75, 3.05) is 0 Å². The zero-order valence-corrected chi connectivity index (χ0v) is 12.3. The lowest BCUT2D eigenvalue weighted by molar-refractivity contribution is -0.117. The molecule has 0 aromatic rings. The van der Waals surface area contributed by atoms with Crippen molar-refractivity contribution in [3.8, 4) is 23.7 Å². The van der Waals surface area contributed by atoms with Crippen molar-refractivity contribution in [3.63, 3.8) is 0 Å². The van der Waals surface area contributed by atoms with Crippen molar-refractivity contribution in [2.45, 2.75) is 77.6 Å². The first-order valence-electron chi connectivity index (χ1n) is 7.51. The van der Waals surface area contributed by atoms with Crippen molar-refractivity contribution >= 4 is 5.91 Å². The van der Waals surface area contributed by atoms with Gasteiger partial charge >= 0.3 is 0 Å². The molecule has 0 atom stereocenters. The lowest BCUT2D eigenvalue weighted by atomic mass is 10.1. The molecule has 0 aliphatic carbocycles. The van der Waals surface area contributed by atoms with E-state index in [2.05, 4.69) is 30.6 Å². The van der Waals surface area contributed by atoms with Crippen molar-refractivity contribution < 1.29 is 4.79 Å². The van der Waals surface area contributed by atoms with E-state index in [0.717, 1.165) is 6.42 Å². The molecule has 0 aliphatic rings. The Balaban J connectivity index is 3.28. The molecule has 0 unspecified atom stereocenters. The maximum absolute atomic E-state index is 10.4. The minimum absolute atomic E-state index is 0.304. The molecule has 2 heteroatoms. The van der Waals surface area contributed by atoms with Gasteiger partial charge in [-0.2, -0.15) is 0 Å². The monoisotopic (exact) mass is 261 g/mol. The summed E-state index contributed by atoms with van der Waals surface area (Å²) in [4.78, 5) is 10.4. The highest BCUT2D eigenvalue weighted by atomic mass is 16.1. The smallest absolute Gasteiger partial charge is 0.218 e. The van der Waals surface area contributed by atoms with Gasteiger partial charge in [0.05, 0.1) is 0 Å². The minimum atomic E-state index is -0.304. The van der Waals surface area contributed by atoms with Gasteiger partial charge in [0.15, 0.2) is 0 Å². The maximum Gasteiger partial charge on any atom is 0.218 e. The molecule has 0 saturated heterocycles. The zero-order chi connectivity index (χ0) is 14.2. The number of unbranched alkanes of at least 4 members (excludes halogenated alkanes) is 8. The molecule has 0 saturated carbocycles. The third-order valence-electron chi connectivity index (χ3n) is 2.89. The topological polar surface area (TPSA) is 43.1 Å². The summed E-state index contributed by atoms with van der Waals surface area (Å²) in [6.45, 7) is 2.25. The van der Waals surface area contributed by atoms with Gasteiger partial charge in [0, 0.05) is 19.3 Å². The van der Waals surface area contributed by atoms with Gasteiger partial charge in [-0.25, -0.2) is 0 Å². The third-order valence-corrected chi connectivity index (χ3v) is 2.89. The van der Waals surface area contributed by atoms with Crippen LogP contribution < -0.4 is 5.73 Å². The van der Waals surface area contributed by atoms with Crippen LogP contribution in [0.3, 0.4) is 0 Å². The zero-order valence-electron chi connectivity index (χ0n) is 12.3. The lowest BCUT2D eigenvalue weighted by Gasteiger charge is -1.98. The number of carbonyl (C=O) groups excluding carboxylic acids is 1. The van der Waals surface area contributed by atoms with Gasteiger partial charge in [-0.05, 0) is 18.3 Å². The van der Waals surface area contributed by atoms with Crippen LogP contribution in [0.5, 0.6) is 0 Å². The molecule has 106 valence electrons. The van der Waals surface area contributed by atoms with E-state index in [1.165, 1.54) is 51.4 Å². The molecule has 0 bridgehead atoms. The summed E-state index contributed by atoms with van der Waals surface area (Å²) in [6, 6.07) is 0. The SMILES string of the molecule is CCCCCCCCCCC#CC#CCCC(N)=O. The van der Waals surface area contributed by atoms with E-state index in [4.69, 9.17) is 5.73 Å². The summed E-state index contributed by atoms with van der Waals surface area (Å²) < 4.78 is 0. The van der Waals surface area contributed by atoms with E-state index < -0.39 is 0 Å². The fourth-order valence-corrected chi connectivity index (χ4v) is 1.75. The van der Waals surface area contributed by atoms with Gasteiger partial charge in [-0.1, -0.05) is 63.7 Å². The molecule has 1 amide bonds. The summed E-state index contributed by atoms with van der Waals surface area (Å²) in [5, 5.41) is 0. The second kappa shape index (κ2) is 14.7. The van der Waals surface area contributed by atoms with Crippen LogP contribution in [0.4, 0.5) is 0 Å². The van der Waals surface area contributed by atoms with Crippen LogP contribution in [-0.4, -0.2) is 5.91 Å². The molecule has 0 heterocycles. The van der Waals surface area contributed by atoms with E-state index in [0.29, 0.717) is 12.8 Å². The van der Waals surface area contributed by atoms with Gasteiger partial charge in [0.2, 0.25) is 5.91 Å². The predicted molar refractivity (Wildman–Crippen MR) is 81.2 cm³/mol. The average molecular weight is 261 g/mol. The van der Waals surface area contributed by atoms with Crippen molar-refractivity contribution in [1.29, 1.82) is 0 Å². The van der Waals surface area contributed by atoms with Crippen LogP contribution >= 0.6 is 0 Å². The van der Waals surface area contributed by atoms with Gasteiger partial charge in [0.1, 0.15) is 0 Å². The standard InChI is InChI=1S/C17H27NO/c1-2-3-4-5-6-7-8-9-10-11-12-13-14-15-16-17(18)19/h2-10,15-16H2,1H3,(H2,18,19). The number of nitrogens with two attached hydrogens (primary N) is 1. The number of amides is 1. The Bertz CT molecular complexity index is 338. The van der Waals surface area contributed by atoms with Crippen molar-refractivity contribution in [3.05, 3.63) is 0 Å². The Morgan fingerprint density at radius 1 is 0.842 bits per heavy atom. The average Bonchev–Trinajstić information content (AvgIpc) is 2.39. The van der Waals surface area contributed by atoms with Crippen LogP contribution in [0.25, 0.3) is 0 Å². The molecule has 0 rings (SSSR count). The van der Waals surface area contributed by atoms with E-state index >= 15 is 0 Å². The fraction of sp³-hybridized carbons (Fsp3) is 0.706. The normalized spacial score (nSPS) is 9.11. The number of primary amides is 1. The quantitative estimate of drug-likeness (QED) is 0.472. The number of hydrogen-bond acceptors (Lipinski definition) is 1. The van der Waals surface area contributed by atoms with Crippen LogP contribution in [0, 0.1) is 23.7 Å². The molecule has 19 heavy (non-hydrogen) atoms. The molecule has 0 aromatic carbocycles. The fourth-order valence-electron chi connectivity index (χ4n) is 1.75. The summed E-state index contributed by atoms with van der Waals surface area (Å²) in [5.74, 6) is 11.1. The molecule has 2 N–H and O–H groups in total. The predicted octanol–water partition coefficient (Wildman–Crippen LogP) is 3.79. The summed E-state index contributed by atoms with van der Waals surface area (Å²) in [6.07, 6.45) is 12.4. The van der Waals surface area contributed by atoms with Gasteiger partial charge < -0.3 is 5.73 Å². The van der Waals surface area contributed by atoms with E-state index in [9.17, 15) is 4.79 Å². The molecular weight excluding hydrogens is 234 g/mol. The van der Waals surface area contributed by atoms with E-state index in [1.807, 2.05) is 0 Å². The third kappa shape index (κ3) is 16.6. The highest BCUT2D eigenvalue weighted by Gasteiger charge is 1.90. The number of hydrogen-bond donors (Lipinski definition) is 1. The Hall–Kier alpha value is -1.41. The Kier molecular flexibility index (Phi) is 13.6. The number of carbonyl (C=O) groups is 1. The molecule has 0 spiro atoms.